The summed E-state index contributed by atoms with van der Waals surface area (Å²) < 4.78 is 2.31. The molecule has 2 aliphatic rings. The molecule has 0 radical (unpaired) electrons. The number of hydrogen-bond acceptors (Lipinski definition) is 0. The van der Waals surface area contributed by atoms with Crippen LogP contribution in [-0.2, 0) is 0 Å². The normalized spacial score (nSPS) is 16.7. The van der Waals surface area contributed by atoms with Crippen LogP contribution < -0.4 is 0 Å². The third kappa shape index (κ3) is 2.46. The summed E-state index contributed by atoms with van der Waals surface area (Å²) in [6.07, 6.45) is 5.80. The number of rotatable bonds is 2. The summed E-state index contributed by atoms with van der Waals surface area (Å²) >= 11 is 7.35. The van der Waals surface area contributed by atoms with E-state index in [1.165, 1.54) is 33.4 Å². The van der Waals surface area contributed by atoms with Gasteiger partial charge in [-0.05, 0) is 65.3 Å². The predicted molar refractivity (Wildman–Crippen MR) is 109 cm³/mol. The second-order valence-electron chi connectivity index (χ2n) is 7.44. The first-order valence-electron chi connectivity index (χ1n) is 8.35. The molecule has 24 heavy (non-hydrogen) atoms. The van der Waals surface area contributed by atoms with Crippen LogP contribution in [0.2, 0.25) is 0 Å². The molecule has 0 bridgehead atoms. The molecule has 0 nitrogen and oxygen atoms in total. The van der Waals surface area contributed by atoms with E-state index in [0.29, 0.717) is 5.92 Å². The lowest BCUT2D eigenvalue weighted by molar-refractivity contribution is 0.388. The lowest BCUT2D eigenvalue weighted by Crippen LogP contribution is -2.24. The second kappa shape index (κ2) is 5.71. The predicted octanol–water partition coefficient (Wildman–Crippen LogP) is 7.63. The van der Waals surface area contributed by atoms with Crippen molar-refractivity contribution < 1.29 is 0 Å². The van der Waals surface area contributed by atoms with Crippen molar-refractivity contribution in [1.29, 1.82) is 0 Å². The van der Waals surface area contributed by atoms with Crippen LogP contribution in [0.25, 0.3) is 11.1 Å². The Balaban J connectivity index is 1.94. The summed E-state index contributed by atoms with van der Waals surface area (Å²) in [4.78, 5) is 0. The molecular formula is C22H20Br2. The zero-order chi connectivity index (χ0) is 17.1. The molecule has 2 heteroatoms. The van der Waals surface area contributed by atoms with Gasteiger partial charge in [0.2, 0.25) is 0 Å². The SMILES string of the molecule is CC1=CCC(C(C)(C)C2c3cc(Br)ccc3-c3ccc(Br)cc32)=C1. The van der Waals surface area contributed by atoms with Crippen LogP contribution in [0.1, 0.15) is 44.2 Å². The minimum absolute atomic E-state index is 0.0792. The fourth-order valence-corrected chi connectivity index (χ4v) is 5.04. The van der Waals surface area contributed by atoms with Crippen molar-refractivity contribution in [3.8, 4) is 11.1 Å². The summed E-state index contributed by atoms with van der Waals surface area (Å²) in [6.45, 7) is 7.00. The molecule has 0 N–H and O–H groups in total. The first kappa shape index (κ1) is 16.4. The van der Waals surface area contributed by atoms with Crippen molar-refractivity contribution >= 4 is 31.9 Å². The van der Waals surface area contributed by atoms with Crippen molar-refractivity contribution in [2.45, 2.75) is 33.1 Å². The van der Waals surface area contributed by atoms with Gasteiger partial charge in [-0.25, -0.2) is 0 Å². The maximum atomic E-state index is 3.68. The lowest BCUT2D eigenvalue weighted by Gasteiger charge is -2.35. The molecule has 0 amide bonds. The van der Waals surface area contributed by atoms with E-state index in [1.807, 2.05) is 0 Å². The van der Waals surface area contributed by atoms with E-state index >= 15 is 0 Å². The maximum absolute atomic E-state index is 3.68. The molecule has 0 heterocycles. The molecule has 2 aromatic carbocycles. The number of hydrogen-bond donors (Lipinski definition) is 0. The van der Waals surface area contributed by atoms with Crippen molar-refractivity contribution in [2.24, 2.45) is 5.41 Å². The topological polar surface area (TPSA) is 0 Å². The minimum Gasteiger partial charge on any atom is -0.0775 e. The maximum Gasteiger partial charge on any atom is 0.0191 e. The highest BCUT2D eigenvalue weighted by atomic mass is 79.9. The Morgan fingerprint density at radius 2 is 1.46 bits per heavy atom. The van der Waals surface area contributed by atoms with Crippen LogP contribution >= 0.6 is 31.9 Å². The Morgan fingerprint density at radius 1 is 0.917 bits per heavy atom. The molecular weight excluding hydrogens is 424 g/mol. The van der Waals surface area contributed by atoms with Gasteiger partial charge >= 0.3 is 0 Å². The van der Waals surface area contributed by atoms with Gasteiger partial charge in [-0.15, -0.1) is 0 Å². The fourth-order valence-electron chi connectivity index (χ4n) is 4.28. The van der Waals surface area contributed by atoms with Crippen LogP contribution in [0.4, 0.5) is 0 Å². The minimum atomic E-state index is 0.0792. The monoisotopic (exact) mass is 442 g/mol. The van der Waals surface area contributed by atoms with Gasteiger partial charge in [0.05, 0.1) is 0 Å². The molecule has 0 atom stereocenters. The van der Waals surface area contributed by atoms with Crippen molar-refractivity contribution in [1.82, 2.24) is 0 Å². The van der Waals surface area contributed by atoms with E-state index in [2.05, 4.69) is 101 Å². The number of allylic oxidation sites excluding steroid dienone is 4. The molecule has 0 aliphatic heterocycles. The van der Waals surface area contributed by atoms with Gasteiger partial charge in [0, 0.05) is 14.9 Å². The van der Waals surface area contributed by atoms with Gasteiger partial charge < -0.3 is 0 Å². The zero-order valence-corrected chi connectivity index (χ0v) is 17.3. The Morgan fingerprint density at radius 3 is 1.92 bits per heavy atom. The molecule has 122 valence electrons. The highest BCUT2D eigenvalue weighted by Crippen LogP contribution is 2.57. The Hall–Kier alpha value is -1.12. The Kier molecular flexibility index (Phi) is 3.89. The first-order chi connectivity index (χ1) is 11.4. The van der Waals surface area contributed by atoms with E-state index in [0.717, 1.165) is 15.4 Å². The summed E-state index contributed by atoms with van der Waals surface area (Å²) in [6, 6.07) is 13.4. The molecule has 4 rings (SSSR count). The van der Waals surface area contributed by atoms with Crippen LogP contribution in [0.5, 0.6) is 0 Å². The molecule has 2 aliphatic carbocycles. The van der Waals surface area contributed by atoms with E-state index < -0.39 is 0 Å². The highest BCUT2D eigenvalue weighted by molar-refractivity contribution is 9.10. The summed E-state index contributed by atoms with van der Waals surface area (Å²) in [7, 11) is 0. The molecule has 0 unspecified atom stereocenters. The van der Waals surface area contributed by atoms with Gasteiger partial charge in [-0.1, -0.05) is 81.1 Å². The Bertz CT molecular complexity index is 849. The van der Waals surface area contributed by atoms with Crippen LogP contribution in [0.15, 0.2) is 68.6 Å². The lowest BCUT2D eigenvalue weighted by atomic mass is 9.68. The molecule has 0 saturated heterocycles. The van der Waals surface area contributed by atoms with Gasteiger partial charge in [-0.2, -0.15) is 0 Å². The van der Waals surface area contributed by atoms with Crippen LogP contribution in [0, 0.1) is 5.41 Å². The van der Waals surface area contributed by atoms with Crippen molar-refractivity contribution in [2.75, 3.05) is 0 Å². The summed E-state index contributed by atoms with van der Waals surface area (Å²) in [5.41, 5.74) is 8.63. The van der Waals surface area contributed by atoms with E-state index in [-0.39, 0.29) is 5.41 Å². The standard InChI is InChI=1S/C22H20Br2/c1-13-4-5-14(10-13)22(2,3)21-19-11-15(23)6-8-17(19)18-9-7-16(24)12-20(18)21/h4,6-12,21H,5H2,1-3H3. The van der Waals surface area contributed by atoms with Crippen LogP contribution in [-0.4, -0.2) is 0 Å². The summed E-state index contributed by atoms with van der Waals surface area (Å²) in [5.74, 6) is 0.378. The number of benzene rings is 2. The Labute approximate surface area is 160 Å². The average Bonchev–Trinajstić information content (AvgIpc) is 3.08. The largest absolute Gasteiger partial charge is 0.0775 e. The molecule has 0 saturated carbocycles. The van der Waals surface area contributed by atoms with Gasteiger partial charge in [0.15, 0.2) is 0 Å². The first-order valence-corrected chi connectivity index (χ1v) is 9.93. The van der Waals surface area contributed by atoms with E-state index in [9.17, 15) is 0 Å². The van der Waals surface area contributed by atoms with E-state index in [1.54, 1.807) is 0 Å². The van der Waals surface area contributed by atoms with Gasteiger partial charge in [0.25, 0.3) is 0 Å². The van der Waals surface area contributed by atoms with Crippen LogP contribution in [0.3, 0.4) is 0 Å². The molecule has 0 spiro atoms. The smallest absolute Gasteiger partial charge is 0.0191 e. The fraction of sp³-hybridized carbons (Fsp3) is 0.273. The quantitative estimate of drug-likeness (QED) is 0.447. The third-order valence-electron chi connectivity index (χ3n) is 5.53. The molecule has 0 aromatic heterocycles. The number of halogens is 2. The molecule has 2 aromatic rings. The molecule has 0 fully saturated rings. The van der Waals surface area contributed by atoms with Crippen molar-refractivity contribution in [3.63, 3.8) is 0 Å². The third-order valence-corrected chi connectivity index (χ3v) is 6.52. The van der Waals surface area contributed by atoms with Gasteiger partial charge in [-0.3, -0.25) is 0 Å². The summed E-state index contributed by atoms with van der Waals surface area (Å²) in [5, 5.41) is 0. The second-order valence-corrected chi connectivity index (χ2v) is 9.27. The average molecular weight is 444 g/mol. The van der Waals surface area contributed by atoms with Crippen molar-refractivity contribution in [3.05, 3.63) is 79.8 Å². The number of fused-ring (bicyclic) bond motifs is 3. The zero-order valence-electron chi connectivity index (χ0n) is 14.2. The highest BCUT2D eigenvalue weighted by Gasteiger charge is 2.41. The van der Waals surface area contributed by atoms with Gasteiger partial charge in [0.1, 0.15) is 0 Å². The van der Waals surface area contributed by atoms with E-state index in [4.69, 9.17) is 0 Å².